The van der Waals surface area contributed by atoms with Crippen molar-refractivity contribution in [2.24, 2.45) is 0 Å². The van der Waals surface area contributed by atoms with Crippen LogP contribution in [-0.4, -0.2) is 58.7 Å². The maximum absolute atomic E-state index is 12.6. The third-order valence-electron chi connectivity index (χ3n) is 6.35. The summed E-state index contributed by atoms with van der Waals surface area (Å²) in [5.41, 5.74) is 2.58. The maximum atomic E-state index is 12.6. The molecule has 1 saturated carbocycles. The first-order chi connectivity index (χ1) is 16.0. The summed E-state index contributed by atoms with van der Waals surface area (Å²) < 4.78 is 5.72. The predicted molar refractivity (Wildman–Crippen MR) is 126 cm³/mol. The minimum Gasteiger partial charge on any atom is -0.451 e. The van der Waals surface area contributed by atoms with Crippen molar-refractivity contribution in [3.63, 3.8) is 0 Å². The van der Waals surface area contributed by atoms with E-state index < -0.39 is 0 Å². The van der Waals surface area contributed by atoms with Crippen LogP contribution >= 0.6 is 0 Å². The largest absolute Gasteiger partial charge is 0.451 e. The van der Waals surface area contributed by atoms with Crippen LogP contribution < -0.4 is 5.32 Å². The van der Waals surface area contributed by atoms with E-state index in [2.05, 4.69) is 20.1 Å². The van der Waals surface area contributed by atoms with E-state index in [4.69, 9.17) is 4.42 Å². The van der Waals surface area contributed by atoms with Crippen LogP contribution in [-0.2, 0) is 6.54 Å². The summed E-state index contributed by atoms with van der Waals surface area (Å²) in [4.78, 5) is 33.5. The van der Waals surface area contributed by atoms with Crippen LogP contribution in [0.3, 0.4) is 0 Å². The van der Waals surface area contributed by atoms with Crippen LogP contribution in [0, 0.1) is 0 Å². The third-order valence-corrected chi connectivity index (χ3v) is 6.35. The highest BCUT2D eigenvalue weighted by atomic mass is 16.3. The molecule has 7 nitrogen and oxygen atoms in total. The van der Waals surface area contributed by atoms with Gasteiger partial charge in [0.15, 0.2) is 11.5 Å². The van der Waals surface area contributed by atoms with Crippen LogP contribution in [0.2, 0.25) is 0 Å². The first-order valence-corrected chi connectivity index (χ1v) is 11.5. The van der Waals surface area contributed by atoms with Crippen LogP contribution in [0.1, 0.15) is 46.2 Å². The molecule has 0 atom stereocenters. The minimum atomic E-state index is -0.349. The van der Waals surface area contributed by atoms with Gasteiger partial charge in [-0.25, -0.2) is 4.98 Å². The first kappa shape index (κ1) is 21.6. The number of nitrogens with one attached hydrogen (secondary N) is 1. The van der Waals surface area contributed by atoms with Crippen molar-refractivity contribution in [3.05, 3.63) is 71.6 Å². The summed E-state index contributed by atoms with van der Waals surface area (Å²) in [6.07, 6.45) is 4.56. The number of benzene rings is 1. The van der Waals surface area contributed by atoms with Gasteiger partial charge in [-0.1, -0.05) is 30.3 Å². The Morgan fingerprint density at radius 1 is 1.00 bits per heavy atom. The van der Waals surface area contributed by atoms with E-state index in [9.17, 15) is 9.59 Å². The fourth-order valence-electron chi connectivity index (χ4n) is 4.24. The molecule has 0 bridgehead atoms. The van der Waals surface area contributed by atoms with Gasteiger partial charge in [-0.15, -0.1) is 0 Å². The highest BCUT2D eigenvalue weighted by Crippen LogP contribution is 2.27. The molecule has 0 spiro atoms. The quantitative estimate of drug-likeness (QED) is 0.554. The number of piperazine rings is 1. The van der Waals surface area contributed by atoms with Gasteiger partial charge in [0.2, 0.25) is 0 Å². The van der Waals surface area contributed by atoms with Crippen LogP contribution in [0.15, 0.2) is 59.1 Å². The zero-order valence-corrected chi connectivity index (χ0v) is 18.8. The van der Waals surface area contributed by atoms with Crippen LogP contribution in [0.4, 0.5) is 5.82 Å². The summed E-state index contributed by atoms with van der Waals surface area (Å²) in [6, 6.07) is 15.2. The number of furan rings is 1. The number of Topliss-reactive ketones (excluding diaryl/α,β-unsaturated/α-hetero) is 1. The second-order valence-corrected chi connectivity index (χ2v) is 8.85. The number of hydrogen-bond acceptors (Lipinski definition) is 6. The van der Waals surface area contributed by atoms with E-state index in [0.717, 1.165) is 49.9 Å². The van der Waals surface area contributed by atoms with E-state index >= 15 is 0 Å². The SMILES string of the molecule is CC(=O)c1ccc(-c2ccc(C(=O)Nc3ccc(CN4CCN(C5CC5)CC4)cn3)o2)cc1. The van der Waals surface area contributed by atoms with Gasteiger partial charge in [-0.05, 0) is 43.5 Å². The molecule has 1 N–H and O–H groups in total. The molecule has 7 heteroatoms. The summed E-state index contributed by atoms with van der Waals surface area (Å²) in [5, 5.41) is 2.79. The Morgan fingerprint density at radius 3 is 2.39 bits per heavy atom. The van der Waals surface area contributed by atoms with Gasteiger partial charge in [-0.3, -0.25) is 19.4 Å². The van der Waals surface area contributed by atoms with E-state index in [1.165, 1.54) is 19.8 Å². The fourth-order valence-corrected chi connectivity index (χ4v) is 4.24. The zero-order valence-electron chi connectivity index (χ0n) is 18.8. The number of aromatic nitrogens is 1. The molecule has 33 heavy (non-hydrogen) atoms. The summed E-state index contributed by atoms with van der Waals surface area (Å²) in [5.74, 6) is 0.931. The lowest BCUT2D eigenvalue weighted by atomic mass is 10.1. The summed E-state index contributed by atoms with van der Waals surface area (Å²) in [6.45, 7) is 6.89. The van der Waals surface area contributed by atoms with Crippen molar-refractivity contribution in [3.8, 4) is 11.3 Å². The molecule has 3 heterocycles. The molecule has 1 aliphatic carbocycles. The van der Waals surface area contributed by atoms with Crippen molar-refractivity contribution in [2.45, 2.75) is 32.4 Å². The molecule has 0 radical (unpaired) electrons. The topological polar surface area (TPSA) is 78.7 Å². The molecule has 1 amide bonds. The fraction of sp³-hybridized carbons (Fsp3) is 0.346. The van der Waals surface area contributed by atoms with Gasteiger partial charge < -0.3 is 9.73 Å². The van der Waals surface area contributed by atoms with Gasteiger partial charge in [0, 0.05) is 56.1 Å². The van der Waals surface area contributed by atoms with Gasteiger partial charge in [0.25, 0.3) is 5.91 Å². The lowest BCUT2D eigenvalue weighted by Crippen LogP contribution is -2.46. The number of carbonyl (C=O) groups excluding carboxylic acids is 2. The predicted octanol–water partition coefficient (Wildman–Crippen LogP) is 4.08. The van der Waals surface area contributed by atoms with Crippen molar-refractivity contribution >= 4 is 17.5 Å². The molecule has 2 aromatic heterocycles. The Hall–Kier alpha value is -3.29. The minimum absolute atomic E-state index is 0.00993. The van der Waals surface area contributed by atoms with E-state index in [-0.39, 0.29) is 17.5 Å². The molecule has 3 aromatic rings. The van der Waals surface area contributed by atoms with Gasteiger partial charge in [-0.2, -0.15) is 0 Å². The van der Waals surface area contributed by atoms with Gasteiger partial charge in [0.1, 0.15) is 11.6 Å². The normalized spacial score (nSPS) is 17.1. The van der Waals surface area contributed by atoms with Crippen molar-refractivity contribution in [2.75, 3.05) is 31.5 Å². The molecule has 5 rings (SSSR count). The number of nitrogens with zero attached hydrogens (tertiary/aromatic N) is 3. The molecule has 2 fully saturated rings. The van der Waals surface area contributed by atoms with E-state index in [1.807, 2.05) is 30.5 Å². The summed E-state index contributed by atoms with van der Waals surface area (Å²) >= 11 is 0. The van der Waals surface area contributed by atoms with Gasteiger partial charge in [0.05, 0.1) is 0 Å². The highest BCUT2D eigenvalue weighted by molar-refractivity contribution is 6.02. The lowest BCUT2D eigenvalue weighted by molar-refractivity contribution is 0.0994. The Labute approximate surface area is 193 Å². The van der Waals surface area contributed by atoms with Gasteiger partial charge >= 0.3 is 0 Å². The van der Waals surface area contributed by atoms with Crippen molar-refractivity contribution in [1.29, 1.82) is 0 Å². The molecule has 2 aliphatic rings. The zero-order chi connectivity index (χ0) is 22.8. The van der Waals surface area contributed by atoms with E-state index in [0.29, 0.717) is 17.1 Å². The third kappa shape index (κ3) is 5.21. The molecular formula is C26H28N4O3. The molecule has 1 saturated heterocycles. The molecule has 0 unspecified atom stereocenters. The maximum Gasteiger partial charge on any atom is 0.292 e. The monoisotopic (exact) mass is 444 g/mol. The Balaban J connectivity index is 1.15. The van der Waals surface area contributed by atoms with Crippen molar-refractivity contribution < 1.29 is 14.0 Å². The highest BCUT2D eigenvalue weighted by Gasteiger charge is 2.31. The Kier molecular flexibility index (Phi) is 6.07. The standard InChI is InChI=1S/C26H28N4O3/c1-18(31)20-3-5-21(6-4-20)23-9-10-24(33-23)26(32)28-25-11-2-19(16-27-25)17-29-12-14-30(15-13-29)22-7-8-22/h2-6,9-11,16,22H,7-8,12-15,17H2,1H3,(H,27,28,32). The molecule has 170 valence electrons. The number of pyridine rings is 1. The number of rotatable bonds is 7. The number of anilines is 1. The van der Waals surface area contributed by atoms with Crippen LogP contribution in [0.5, 0.6) is 0 Å². The number of ketones is 1. The second-order valence-electron chi connectivity index (χ2n) is 8.85. The van der Waals surface area contributed by atoms with Crippen LogP contribution in [0.25, 0.3) is 11.3 Å². The molecule has 1 aliphatic heterocycles. The first-order valence-electron chi connectivity index (χ1n) is 11.5. The Morgan fingerprint density at radius 2 is 1.76 bits per heavy atom. The lowest BCUT2D eigenvalue weighted by Gasteiger charge is -2.34. The van der Waals surface area contributed by atoms with Crippen molar-refractivity contribution in [1.82, 2.24) is 14.8 Å². The van der Waals surface area contributed by atoms with E-state index in [1.54, 1.807) is 24.3 Å². The summed E-state index contributed by atoms with van der Waals surface area (Å²) in [7, 11) is 0. The molecule has 1 aromatic carbocycles. The number of carbonyl (C=O) groups is 2. The smallest absolute Gasteiger partial charge is 0.292 e. The second kappa shape index (κ2) is 9.29. The average Bonchev–Trinajstić information content (AvgIpc) is 3.56. The molecular weight excluding hydrogens is 416 g/mol. The number of hydrogen-bond donors (Lipinski definition) is 1. The number of amides is 1. The average molecular weight is 445 g/mol. The Bertz CT molecular complexity index is 1130.